The van der Waals surface area contributed by atoms with E-state index in [1.54, 1.807) is 29.3 Å². The standard InChI is InChI=1S/C26H20N4O3/c31-26(32)21-14-23(20-8-4-5-9-24(20)33-17-19-6-2-1-3-7-19)29-25-22(21)15-28-30(25)16-18-10-12-27-13-11-18/h1-15H,16-17H2,(H,31,32). The van der Waals surface area contributed by atoms with Crippen LogP contribution in [0.3, 0.4) is 0 Å². The third kappa shape index (κ3) is 4.29. The lowest BCUT2D eigenvalue weighted by Gasteiger charge is -2.12. The Morgan fingerprint density at radius 2 is 1.70 bits per heavy atom. The van der Waals surface area contributed by atoms with Gasteiger partial charge in [-0.3, -0.25) is 4.98 Å². The van der Waals surface area contributed by atoms with Crippen molar-refractivity contribution in [1.82, 2.24) is 19.7 Å². The SMILES string of the molecule is O=C(O)c1cc(-c2ccccc2OCc2ccccc2)nc2c1cnn2Cc1ccncc1. The first-order valence-electron chi connectivity index (χ1n) is 10.4. The Morgan fingerprint density at radius 3 is 2.48 bits per heavy atom. The van der Waals surface area contributed by atoms with Crippen LogP contribution < -0.4 is 4.74 Å². The first kappa shape index (κ1) is 20.4. The minimum absolute atomic E-state index is 0.147. The number of rotatable bonds is 7. The number of aromatic nitrogens is 4. The summed E-state index contributed by atoms with van der Waals surface area (Å²) in [6, 6.07) is 22.7. The number of hydrogen-bond donors (Lipinski definition) is 1. The topological polar surface area (TPSA) is 90.1 Å². The van der Waals surface area contributed by atoms with Gasteiger partial charge in [-0.2, -0.15) is 5.10 Å². The number of aromatic carboxylic acids is 1. The van der Waals surface area contributed by atoms with Crippen LogP contribution in [0.4, 0.5) is 0 Å². The van der Waals surface area contributed by atoms with Gasteiger partial charge >= 0.3 is 5.97 Å². The summed E-state index contributed by atoms with van der Waals surface area (Å²) in [7, 11) is 0. The largest absolute Gasteiger partial charge is 0.488 e. The second kappa shape index (κ2) is 8.92. The van der Waals surface area contributed by atoms with Crippen LogP contribution in [0.2, 0.25) is 0 Å². The van der Waals surface area contributed by atoms with Gasteiger partial charge in [0.15, 0.2) is 5.65 Å². The van der Waals surface area contributed by atoms with E-state index in [0.29, 0.717) is 35.6 Å². The normalized spacial score (nSPS) is 10.9. The predicted molar refractivity (Wildman–Crippen MR) is 124 cm³/mol. The fourth-order valence-corrected chi connectivity index (χ4v) is 3.68. The maximum absolute atomic E-state index is 12.1. The number of fused-ring (bicyclic) bond motifs is 1. The zero-order valence-corrected chi connectivity index (χ0v) is 17.6. The molecule has 5 aromatic rings. The van der Waals surface area contributed by atoms with E-state index in [1.165, 1.54) is 0 Å². The Hall–Kier alpha value is -4.52. The molecule has 0 bridgehead atoms. The minimum Gasteiger partial charge on any atom is -0.488 e. The molecule has 0 radical (unpaired) electrons. The quantitative estimate of drug-likeness (QED) is 0.393. The molecule has 0 aliphatic rings. The van der Waals surface area contributed by atoms with E-state index < -0.39 is 5.97 Å². The van der Waals surface area contributed by atoms with E-state index >= 15 is 0 Å². The van der Waals surface area contributed by atoms with Crippen LogP contribution in [-0.2, 0) is 13.2 Å². The molecule has 162 valence electrons. The van der Waals surface area contributed by atoms with Crippen LogP contribution >= 0.6 is 0 Å². The first-order valence-corrected chi connectivity index (χ1v) is 10.4. The van der Waals surface area contributed by atoms with Gasteiger partial charge < -0.3 is 9.84 Å². The summed E-state index contributed by atoms with van der Waals surface area (Å²) in [4.78, 5) is 20.9. The van der Waals surface area contributed by atoms with Crippen molar-refractivity contribution in [2.24, 2.45) is 0 Å². The van der Waals surface area contributed by atoms with Crippen molar-refractivity contribution in [3.63, 3.8) is 0 Å². The van der Waals surface area contributed by atoms with Crippen LogP contribution in [0.25, 0.3) is 22.3 Å². The molecule has 0 atom stereocenters. The molecular formula is C26H20N4O3. The average molecular weight is 436 g/mol. The zero-order chi connectivity index (χ0) is 22.6. The molecule has 0 saturated carbocycles. The Bertz CT molecular complexity index is 1420. The Labute approximate surface area is 189 Å². The van der Waals surface area contributed by atoms with E-state index in [-0.39, 0.29) is 5.56 Å². The van der Waals surface area contributed by atoms with Crippen molar-refractivity contribution in [2.75, 3.05) is 0 Å². The van der Waals surface area contributed by atoms with Gasteiger partial charge in [0.1, 0.15) is 12.4 Å². The molecule has 0 saturated heterocycles. The van der Waals surface area contributed by atoms with Gasteiger partial charge in [0.2, 0.25) is 0 Å². The van der Waals surface area contributed by atoms with Crippen LogP contribution in [0, 0.1) is 0 Å². The van der Waals surface area contributed by atoms with Gasteiger partial charge in [0, 0.05) is 18.0 Å². The number of carboxylic acid groups (broad SMARTS) is 1. The van der Waals surface area contributed by atoms with Crippen molar-refractivity contribution in [3.8, 4) is 17.0 Å². The van der Waals surface area contributed by atoms with Crippen molar-refractivity contribution >= 4 is 17.0 Å². The summed E-state index contributed by atoms with van der Waals surface area (Å²) < 4.78 is 7.78. The molecule has 7 nitrogen and oxygen atoms in total. The van der Waals surface area contributed by atoms with Crippen molar-refractivity contribution in [3.05, 3.63) is 108 Å². The van der Waals surface area contributed by atoms with Gasteiger partial charge in [0.05, 0.1) is 29.4 Å². The van der Waals surface area contributed by atoms with E-state index in [9.17, 15) is 9.90 Å². The second-order valence-electron chi connectivity index (χ2n) is 7.53. The van der Waals surface area contributed by atoms with Crippen molar-refractivity contribution in [2.45, 2.75) is 13.2 Å². The van der Waals surface area contributed by atoms with Gasteiger partial charge in [-0.1, -0.05) is 42.5 Å². The third-order valence-electron chi connectivity index (χ3n) is 5.32. The molecule has 3 heterocycles. The summed E-state index contributed by atoms with van der Waals surface area (Å²) in [5.41, 5.74) is 3.91. The van der Waals surface area contributed by atoms with E-state index in [2.05, 4.69) is 10.1 Å². The highest BCUT2D eigenvalue weighted by Gasteiger charge is 2.18. The van der Waals surface area contributed by atoms with E-state index in [4.69, 9.17) is 9.72 Å². The summed E-state index contributed by atoms with van der Waals surface area (Å²) >= 11 is 0. The molecule has 0 fully saturated rings. The highest BCUT2D eigenvalue weighted by molar-refractivity contribution is 6.03. The number of pyridine rings is 2. The summed E-state index contributed by atoms with van der Waals surface area (Å²) in [5.74, 6) is -0.403. The van der Waals surface area contributed by atoms with Crippen LogP contribution in [0.5, 0.6) is 5.75 Å². The number of benzene rings is 2. The predicted octanol–water partition coefficient (Wildman–Crippen LogP) is 4.82. The van der Waals surface area contributed by atoms with E-state index in [1.807, 2.05) is 66.7 Å². The minimum atomic E-state index is -1.03. The number of nitrogens with zero attached hydrogens (tertiary/aromatic N) is 4. The Morgan fingerprint density at radius 1 is 0.939 bits per heavy atom. The molecule has 33 heavy (non-hydrogen) atoms. The number of ether oxygens (including phenoxy) is 1. The number of carbonyl (C=O) groups is 1. The van der Waals surface area contributed by atoms with Crippen molar-refractivity contribution in [1.29, 1.82) is 0 Å². The summed E-state index contributed by atoms with van der Waals surface area (Å²) in [6.45, 7) is 0.847. The molecule has 3 aromatic heterocycles. The molecular weight excluding hydrogens is 416 g/mol. The highest BCUT2D eigenvalue weighted by Crippen LogP contribution is 2.32. The number of para-hydroxylation sites is 1. The number of carboxylic acids is 1. The fourth-order valence-electron chi connectivity index (χ4n) is 3.68. The average Bonchev–Trinajstić information content (AvgIpc) is 3.26. The maximum Gasteiger partial charge on any atom is 0.336 e. The summed E-state index contributed by atoms with van der Waals surface area (Å²) in [6.07, 6.45) is 4.97. The Kier molecular flexibility index (Phi) is 5.51. The lowest BCUT2D eigenvalue weighted by Crippen LogP contribution is -2.05. The number of hydrogen-bond acceptors (Lipinski definition) is 5. The molecule has 5 rings (SSSR count). The van der Waals surface area contributed by atoms with Crippen LogP contribution in [-0.4, -0.2) is 30.8 Å². The molecule has 0 aliphatic carbocycles. The van der Waals surface area contributed by atoms with Gasteiger partial charge in [0.25, 0.3) is 0 Å². The van der Waals surface area contributed by atoms with Gasteiger partial charge in [-0.15, -0.1) is 0 Å². The zero-order valence-electron chi connectivity index (χ0n) is 17.6. The molecule has 7 heteroatoms. The van der Waals surface area contributed by atoms with Crippen LogP contribution in [0.1, 0.15) is 21.5 Å². The molecule has 0 spiro atoms. The fraction of sp³-hybridized carbons (Fsp3) is 0.0769. The van der Waals surface area contributed by atoms with Crippen LogP contribution in [0.15, 0.2) is 91.4 Å². The molecule has 2 aromatic carbocycles. The second-order valence-corrected chi connectivity index (χ2v) is 7.53. The smallest absolute Gasteiger partial charge is 0.336 e. The summed E-state index contributed by atoms with van der Waals surface area (Å²) in [5, 5.41) is 14.8. The highest BCUT2D eigenvalue weighted by atomic mass is 16.5. The lowest BCUT2D eigenvalue weighted by molar-refractivity contribution is 0.0699. The van der Waals surface area contributed by atoms with E-state index in [0.717, 1.165) is 16.7 Å². The molecule has 0 amide bonds. The molecule has 0 unspecified atom stereocenters. The van der Waals surface area contributed by atoms with Gasteiger partial charge in [-0.25, -0.2) is 14.5 Å². The lowest BCUT2D eigenvalue weighted by atomic mass is 10.1. The van der Waals surface area contributed by atoms with Gasteiger partial charge in [-0.05, 0) is 41.5 Å². The first-order chi connectivity index (χ1) is 16.2. The third-order valence-corrected chi connectivity index (χ3v) is 5.32. The molecule has 1 N–H and O–H groups in total. The maximum atomic E-state index is 12.1. The monoisotopic (exact) mass is 436 g/mol. The van der Waals surface area contributed by atoms with Crippen molar-refractivity contribution < 1.29 is 14.6 Å². The Balaban J connectivity index is 1.57. The molecule has 0 aliphatic heterocycles.